The average Bonchev–Trinajstić information content (AvgIpc) is 2.44. The van der Waals surface area contributed by atoms with Gasteiger partial charge in [0.25, 0.3) is 0 Å². The van der Waals surface area contributed by atoms with Gasteiger partial charge in [0.15, 0.2) is 0 Å². The van der Waals surface area contributed by atoms with Crippen molar-refractivity contribution in [1.29, 1.82) is 0 Å². The Balaban J connectivity index is 0.000000327. The highest BCUT2D eigenvalue weighted by Gasteiger charge is 1.95. The molecule has 2 N–H and O–H groups in total. The lowest BCUT2D eigenvalue weighted by Gasteiger charge is -2.13. The zero-order valence-corrected chi connectivity index (χ0v) is 10.7. The van der Waals surface area contributed by atoms with Gasteiger partial charge in [0, 0.05) is 7.05 Å². The predicted octanol–water partition coefficient (Wildman–Crippen LogP) is 1.10. The Morgan fingerprint density at radius 3 is 1.94 bits per heavy atom. The van der Waals surface area contributed by atoms with Crippen LogP contribution in [-0.2, 0) is 9.68 Å². The number of nitrogens with zero attached hydrogens (tertiary/aromatic N) is 1. The maximum atomic E-state index is 8.28. The molecule has 1 aromatic carbocycles. The Hall–Kier alpha value is -1.24. The minimum atomic E-state index is -0.0488. The fourth-order valence-electron chi connectivity index (χ4n) is 0.965. The van der Waals surface area contributed by atoms with E-state index < -0.39 is 0 Å². The molecular formula is C13H21NO4. The van der Waals surface area contributed by atoms with Gasteiger partial charge >= 0.3 is 0 Å². The topological polar surface area (TPSA) is 62.2 Å². The lowest BCUT2D eigenvalue weighted by molar-refractivity contribution is -0.356. The van der Waals surface area contributed by atoms with Gasteiger partial charge in [-0.25, -0.2) is 0 Å². The second-order valence-corrected chi connectivity index (χ2v) is 3.17. The van der Waals surface area contributed by atoms with Crippen LogP contribution in [0.25, 0.3) is 6.08 Å². The van der Waals surface area contributed by atoms with Crippen molar-refractivity contribution >= 4 is 6.08 Å². The molecule has 0 amide bonds. The Kier molecular flexibility index (Phi) is 11.4. The Labute approximate surface area is 108 Å². The van der Waals surface area contributed by atoms with Crippen LogP contribution in [-0.4, -0.2) is 48.9 Å². The minimum absolute atomic E-state index is 0.0488. The van der Waals surface area contributed by atoms with Gasteiger partial charge in [-0.3, -0.25) is 9.68 Å². The molecule has 0 bridgehead atoms. The highest BCUT2D eigenvalue weighted by Crippen LogP contribution is 1.97. The van der Waals surface area contributed by atoms with Gasteiger partial charge in [-0.1, -0.05) is 48.2 Å². The molecule has 102 valence electrons. The minimum Gasteiger partial charge on any atom is -0.394 e. The molecule has 0 atom stereocenters. The van der Waals surface area contributed by atoms with Crippen LogP contribution in [0, 0.1) is 0 Å². The van der Waals surface area contributed by atoms with Crippen molar-refractivity contribution in [3.8, 4) is 0 Å². The lowest BCUT2D eigenvalue weighted by Crippen LogP contribution is -2.22. The van der Waals surface area contributed by atoms with Gasteiger partial charge in [0.05, 0.1) is 26.4 Å². The van der Waals surface area contributed by atoms with E-state index in [-0.39, 0.29) is 26.4 Å². The van der Waals surface area contributed by atoms with E-state index in [2.05, 4.69) is 6.58 Å². The summed E-state index contributed by atoms with van der Waals surface area (Å²) in [5.74, 6) is 0. The van der Waals surface area contributed by atoms with Gasteiger partial charge in [0.1, 0.15) is 0 Å². The van der Waals surface area contributed by atoms with E-state index in [0.29, 0.717) is 0 Å². The Bertz CT molecular complexity index is 284. The molecule has 5 heteroatoms. The van der Waals surface area contributed by atoms with E-state index in [1.165, 1.54) is 5.56 Å². The number of benzene rings is 1. The first-order valence-corrected chi connectivity index (χ1v) is 5.63. The van der Waals surface area contributed by atoms with Crippen molar-refractivity contribution in [1.82, 2.24) is 5.23 Å². The summed E-state index contributed by atoms with van der Waals surface area (Å²) < 4.78 is 0. The third-order valence-electron chi connectivity index (χ3n) is 1.76. The summed E-state index contributed by atoms with van der Waals surface area (Å²) in [7, 11) is 1.55. The molecule has 0 spiro atoms. The van der Waals surface area contributed by atoms with Crippen LogP contribution in [0.1, 0.15) is 5.56 Å². The molecule has 0 aliphatic heterocycles. The fourth-order valence-corrected chi connectivity index (χ4v) is 0.965. The molecule has 5 nitrogen and oxygen atoms in total. The number of hydroxylamine groups is 2. The molecule has 0 fully saturated rings. The summed E-state index contributed by atoms with van der Waals surface area (Å²) in [4.78, 5) is 9.49. The number of hydrogen-bond acceptors (Lipinski definition) is 5. The molecule has 0 saturated heterocycles. The molecule has 0 heterocycles. The van der Waals surface area contributed by atoms with Gasteiger partial charge in [-0.2, -0.15) is 0 Å². The van der Waals surface area contributed by atoms with Crippen molar-refractivity contribution < 1.29 is 19.9 Å². The zero-order valence-electron chi connectivity index (χ0n) is 10.7. The number of rotatable bonds is 7. The average molecular weight is 255 g/mol. The van der Waals surface area contributed by atoms with E-state index in [1.54, 1.807) is 7.05 Å². The molecule has 0 unspecified atom stereocenters. The molecule has 0 saturated carbocycles. The van der Waals surface area contributed by atoms with Crippen molar-refractivity contribution in [2.24, 2.45) is 0 Å². The number of aliphatic hydroxyl groups excluding tert-OH is 2. The van der Waals surface area contributed by atoms with Crippen molar-refractivity contribution in [3.05, 3.63) is 42.5 Å². The largest absolute Gasteiger partial charge is 0.394 e. The Morgan fingerprint density at radius 1 is 1.11 bits per heavy atom. The summed E-state index contributed by atoms with van der Waals surface area (Å²) in [6.07, 6.45) is 1.83. The quantitative estimate of drug-likeness (QED) is 0.714. The van der Waals surface area contributed by atoms with Crippen LogP contribution in [0.2, 0.25) is 0 Å². The summed E-state index contributed by atoms with van der Waals surface area (Å²) in [5.41, 5.74) is 1.17. The van der Waals surface area contributed by atoms with Gasteiger partial charge in [-0.15, -0.1) is 0 Å². The molecule has 0 radical (unpaired) electrons. The van der Waals surface area contributed by atoms with Crippen molar-refractivity contribution in [2.75, 3.05) is 33.5 Å². The highest BCUT2D eigenvalue weighted by atomic mass is 16.9. The highest BCUT2D eigenvalue weighted by molar-refractivity contribution is 5.45. The first kappa shape index (κ1) is 16.8. The predicted molar refractivity (Wildman–Crippen MR) is 70.4 cm³/mol. The monoisotopic (exact) mass is 255 g/mol. The lowest BCUT2D eigenvalue weighted by atomic mass is 10.2. The van der Waals surface area contributed by atoms with Gasteiger partial charge in [0.2, 0.25) is 0 Å². The van der Waals surface area contributed by atoms with E-state index in [9.17, 15) is 0 Å². The van der Waals surface area contributed by atoms with Crippen molar-refractivity contribution in [3.63, 3.8) is 0 Å². The third-order valence-corrected chi connectivity index (χ3v) is 1.76. The van der Waals surface area contributed by atoms with Crippen LogP contribution < -0.4 is 0 Å². The first-order valence-electron chi connectivity index (χ1n) is 5.63. The second-order valence-electron chi connectivity index (χ2n) is 3.17. The summed E-state index contributed by atoms with van der Waals surface area (Å²) in [6.45, 7) is 3.93. The molecule has 1 aromatic rings. The van der Waals surface area contributed by atoms with Crippen LogP contribution in [0.4, 0.5) is 0 Å². The van der Waals surface area contributed by atoms with Crippen LogP contribution in [0.5, 0.6) is 0 Å². The third kappa shape index (κ3) is 9.95. The van der Waals surface area contributed by atoms with Crippen LogP contribution >= 0.6 is 0 Å². The molecule has 0 aliphatic carbocycles. The van der Waals surface area contributed by atoms with Crippen LogP contribution in [0.3, 0.4) is 0 Å². The second kappa shape index (κ2) is 12.2. The molecule has 1 rings (SSSR count). The number of aliphatic hydroxyl groups is 2. The van der Waals surface area contributed by atoms with E-state index in [4.69, 9.17) is 19.9 Å². The molecule has 18 heavy (non-hydrogen) atoms. The van der Waals surface area contributed by atoms with Gasteiger partial charge in [-0.05, 0) is 5.56 Å². The normalized spacial score (nSPS) is 9.78. The SMILES string of the molecule is C=Cc1ccccc1.CN(OCCO)OCCO. The van der Waals surface area contributed by atoms with Crippen LogP contribution in [0.15, 0.2) is 36.9 Å². The maximum Gasteiger partial charge on any atom is 0.0942 e. The zero-order chi connectivity index (χ0) is 13.6. The molecule has 0 aromatic heterocycles. The maximum absolute atomic E-state index is 8.28. The van der Waals surface area contributed by atoms with E-state index >= 15 is 0 Å². The molecular weight excluding hydrogens is 234 g/mol. The summed E-state index contributed by atoms with van der Waals surface area (Å²) in [6, 6.07) is 10.0. The summed E-state index contributed by atoms with van der Waals surface area (Å²) in [5, 5.41) is 17.7. The van der Waals surface area contributed by atoms with Crippen molar-refractivity contribution in [2.45, 2.75) is 0 Å². The summed E-state index contributed by atoms with van der Waals surface area (Å²) >= 11 is 0. The first-order chi connectivity index (χ1) is 8.74. The number of hydrogen-bond donors (Lipinski definition) is 2. The smallest absolute Gasteiger partial charge is 0.0942 e. The standard InChI is InChI=1S/C8H8.C5H13NO4/c1-2-8-6-4-3-5-7-8;1-6(9-4-2-7)10-5-3-8/h2-7H,1H2;7-8H,2-5H2,1H3. The van der Waals surface area contributed by atoms with E-state index in [1.807, 2.05) is 36.4 Å². The van der Waals surface area contributed by atoms with Gasteiger partial charge < -0.3 is 10.2 Å². The molecule has 0 aliphatic rings. The fraction of sp³-hybridized carbons (Fsp3) is 0.385. The Morgan fingerprint density at radius 2 is 1.61 bits per heavy atom. The van der Waals surface area contributed by atoms with E-state index in [0.717, 1.165) is 5.23 Å².